The first-order valence-corrected chi connectivity index (χ1v) is 8.93. The van der Waals surface area contributed by atoms with E-state index < -0.39 is 0 Å². The summed E-state index contributed by atoms with van der Waals surface area (Å²) in [6.45, 7) is 10.8. The highest BCUT2D eigenvalue weighted by molar-refractivity contribution is 5.93. The fraction of sp³-hybridized carbons (Fsp3) is 0.318. The van der Waals surface area contributed by atoms with Gasteiger partial charge in [0.2, 0.25) is 0 Å². The van der Waals surface area contributed by atoms with E-state index in [1.165, 1.54) is 0 Å². The molecule has 0 bridgehead atoms. The monoisotopic (exact) mass is 349 g/mol. The molecule has 1 aromatic heterocycles. The number of hydrogen-bond acceptors (Lipinski definition) is 3. The third-order valence-corrected chi connectivity index (χ3v) is 4.46. The Balaban J connectivity index is 0.000000758. The van der Waals surface area contributed by atoms with E-state index >= 15 is 0 Å². The second-order valence-corrected chi connectivity index (χ2v) is 6.53. The van der Waals surface area contributed by atoms with Crippen molar-refractivity contribution >= 4 is 18.7 Å². The lowest BCUT2D eigenvalue weighted by atomic mass is 9.99. The molecular weight excluding hydrogens is 322 g/mol. The molecule has 1 aliphatic heterocycles. The van der Waals surface area contributed by atoms with Gasteiger partial charge in [0.25, 0.3) is 5.91 Å². The molecule has 0 atom stereocenters. The van der Waals surface area contributed by atoms with E-state index in [1.807, 2.05) is 47.4 Å². The van der Waals surface area contributed by atoms with Gasteiger partial charge in [0, 0.05) is 25.7 Å². The van der Waals surface area contributed by atoms with Crippen LogP contribution in [0.3, 0.4) is 0 Å². The number of likely N-dealkylation sites (tertiary alicyclic amines) is 1. The van der Waals surface area contributed by atoms with Crippen LogP contribution in [-0.2, 0) is 0 Å². The number of benzene rings is 1. The normalized spacial score (nSPS) is 14.2. The largest absolute Gasteiger partial charge is 0.337 e. The van der Waals surface area contributed by atoms with Crippen LogP contribution in [0.25, 0.3) is 17.3 Å². The molecule has 2 heterocycles. The molecule has 4 heteroatoms. The maximum Gasteiger partial charge on any atom is 0.272 e. The molecule has 0 N–H and O–H groups in total. The lowest BCUT2D eigenvalue weighted by molar-refractivity contribution is 0.0691. The number of hydrogen-bond donors (Lipinski definition) is 0. The van der Waals surface area contributed by atoms with Crippen LogP contribution in [0.2, 0.25) is 0 Å². The first-order valence-electron chi connectivity index (χ1n) is 8.93. The molecule has 2 aromatic rings. The number of amides is 1. The molecule has 0 saturated carbocycles. The van der Waals surface area contributed by atoms with Gasteiger partial charge in [-0.2, -0.15) is 0 Å². The van der Waals surface area contributed by atoms with E-state index in [2.05, 4.69) is 30.2 Å². The van der Waals surface area contributed by atoms with Crippen molar-refractivity contribution in [2.24, 2.45) is 10.9 Å². The third kappa shape index (κ3) is 5.12. The van der Waals surface area contributed by atoms with Crippen LogP contribution in [0.5, 0.6) is 0 Å². The maximum absolute atomic E-state index is 12.7. The summed E-state index contributed by atoms with van der Waals surface area (Å²) in [5.74, 6) is 0.749. The summed E-state index contributed by atoms with van der Waals surface area (Å²) < 4.78 is 0. The molecule has 1 fully saturated rings. The standard InChI is InChI=1S/C20H22N2O.C2H5N/c1-3-16-6-4-7-17(14-16)18-8-5-9-19(21-18)20(23)22-12-10-15(2)11-13-22;1-3-2/h3-9,14-15H,1,10-13H2,2H3;1H2,2H3. The number of rotatable bonds is 3. The van der Waals surface area contributed by atoms with Gasteiger partial charge in [-0.15, -0.1) is 0 Å². The van der Waals surface area contributed by atoms with E-state index in [-0.39, 0.29) is 5.91 Å². The number of piperidine rings is 1. The summed E-state index contributed by atoms with van der Waals surface area (Å²) >= 11 is 0. The summed E-state index contributed by atoms with van der Waals surface area (Å²) in [7, 11) is 1.64. The topological polar surface area (TPSA) is 45.6 Å². The van der Waals surface area contributed by atoms with Crippen molar-refractivity contribution in [3.63, 3.8) is 0 Å². The summed E-state index contributed by atoms with van der Waals surface area (Å²) in [6.07, 6.45) is 3.97. The van der Waals surface area contributed by atoms with Crippen molar-refractivity contribution in [2.75, 3.05) is 20.1 Å². The minimum Gasteiger partial charge on any atom is -0.337 e. The van der Waals surface area contributed by atoms with Crippen molar-refractivity contribution in [1.82, 2.24) is 9.88 Å². The number of pyridine rings is 1. The average molecular weight is 349 g/mol. The van der Waals surface area contributed by atoms with Gasteiger partial charge in [0.05, 0.1) is 5.69 Å². The second kappa shape index (κ2) is 9.66. The molecule has 4 nitrogen and oxygen atoms in total. The number of carbonyl (C=O) groups excluding carboxylic acids is 1. The van der Waals surface area contributed by atoms with Gasteiger partial charge in [0.1, 0.15) is 5.69 Å². The van der Waals surface area contributed by atoms with Crippen molar-refractivity contribution < 1.29 is 4.79 Å². The van der Waals surface area contributed by atoms with E-state index in [0.717, 1.165) is 42.8 Å². The predicted molar refractivity (Wildman–Crippen MR) is 110 cm³/mol. The lowest BCUT2D eigenvalue weighted by Crippen LogP contribution is -2.38. The van der Waals surface area contributed by atoms with Crippen molar-refractivity contribution in [2.45, 2.75) is 19.8 Å². The Bertz CT molecular complexity index is 761. The van der Waals surface area contributed by atoms with E-state index in [9.17, 15) is 4.79 Å². The Labute approximate surface area is 156 Å². The zero-order valence-electron chi connectivity index (χ0n) is 15.7. The van der Waals surface area contributed by atoms with Crippen LogP contribution in [-0.4, -0.2) is 42.6 Å². The Kier molecular flexibility index (Phi) is 7.27. The lowest BCUT2D eigenvalue weighted by Gasteiger charge is -2.30. The van der Waals surface area contributed by atoms with Crippen LogP contribution < -0.4 is 0 Å². The van der Waals surface area contributed by atoms with Gasteiger partial charge >= 0.3 is 0 Å². The molecule has 136 valence electrons. The minimum absolute atomic E-state index is 0.0404. The van der Waals surface area contributed by atoms with Crippen LogP contribution in [0.15, 0.2) is 54.0 Å². The summed E-state index contributed by atoms with van der Waals surface area (Å²) in [6, 6.07) is 13.7. The quantitative estimate of drug-likeness (QED) is 0.761. The smallest absolute Gasteiger partial charge is 0.272 e. The fourth-order valence-corrected chi connectivity index (χ4v) is 2.91. The van der Waals surface area contributed by atoms with Gasteiger partial charge in [0.15, 0.2) is 0 Å². The number of aromatic nitrogens is 1. The van der Waals surface area contributed by atoms with Crippen molar-refractivity contribution in [3.05, 3.63) is 60.3 Å². The van der Waals surface area contributed by atoms with E-state index in [0.29, 0.717) is 11.6 Å². The van der Waals surface area contributed by atoms with Gasteiger partial charge in [-0.3, -0.25) is 4.79 Å². The summed E-state index contributed by atoms with van der Waals surface area (Å²) in [4.78, 5) is 22.4. The van der Waals surface area contributed by atoms with Gasteiger partial charge in [-0.05, 0) is 49.2 Å². The van der Waals surface area contributed by atoms with Crippen LogP contribution in [0, 0.1) is 5.92 Å². The van der Waals surface area contributed by atoms with E-state index in [1.54, 1.807) is 13.1 Å². The predicted octanol–water partition coefficient (Wildman–Crippen LogP) is 4.58. The SMILES string of the molecule is C=Cc1cccc(-c2cccc(C(=O)N3CCC(C)CC3)n2)c1.C=NC. The summed E-state index contributed by atoms with van der Waals surface area (Å²) in [5, 5.41) is 0. The number of nitrogens with zero attached hydrogens (tertiary/aromatic N) is 3. The number of aliphatic imine (C=N–C) groups is 1. The Morgan fingerprint density at radius 3 is 2.54 bits per heavy atom. The Hall–Kier alpha value is -2.75. The second-order valence-electron chi connectivity index (χ2n) is 6.53. The molecular formula is C22H27N3O. The van der Waals surface area contributed by atoms with Crippen LogP contribution in [0.4, 0.5) is 0 Å². The first kappa shape index (κ1) is 19.6. The van der Waals surface area contributed by atoms with Crippen LogP contribution >= 0.6 is 0 Å². The van der Waals surface area contributed by atoms with Gasteiger partial charge in [-0.1, -0.05) is 43.8 Å². The van der Waals surface area contributed by atoms with Gasteiger partial charge in [-0.25, -0.2) is 4.98 Å². The Morgan fingerprint density at radius 1 is 1.23 bits per heavy atom. The fourth-order valence-electron chi connectivity index (χ4n) is 2.91. The molecule has 0 radical (unpaired) electrons. The molecule has 0 aliphatic carbocycles. The zero-order valence-corrected chi connectivity index (χ0v) is 15.7. The maximum atomic E-state index is 12.7. The Morgan fingerprint density at radius 2 is 1.88 bits per heavy atom. The molecule has 0 spiro atoms. The van der Waals surface area contributed by atoms with Crippen molar-refractivity contribution in [3.8, 4) is 11.3 Å². The molecule has 0 unspecified atom stereocenters. The average Bonchev–Trinajstić information content (AvgIpc) is 2.69. The molecule has 1 amide bonds. The molecule has 3 rings (SSSR count). The van der Waals surface area contributed by atoms with Crippen LogP contribution in [0.1, 0.15) is 35.8 Å². The molecule has 26 heavy (non-hydrogen) atoms. The molecule has 1 saturated heterocycles. The highest BCUT2D eigenvalue weighted by Gasteiger charge is 2.22. The van der Waals surface area contributed by atoms with Gasteiger partial charge < -0.3 is 9.89 Å². The molecule has 1 aliphatic rings. The minimum atomic E-state index is 0.0404. The van der Waals surface area contributed by atoms with Crippen molar-refractivity contribution in [1.29, 1.82) is 0 Å². The third-order valence-electron chi connectivity index (χ3n) is 4.46. The highest BCUT2D eigenvalue weighted by Crippen LogP contribution is 2.21. The zero-order chi connectivity index (χ0) is 18.9. The first-order chi connectivity index (χ1) is 12.6. The van der Waals surface area contributed by atoms with E-state index in [4.69, 9.17) is 0 Å². The molecule has 1 aromatic carbocycles. The summed E-state index contributed by atoms with van der Waals surface area (Å²) in [5.41, 5.74) is 3.40. The number of carbonyl (C=O) groups is 1. The highest BCUT2D eigenvalue weighted by atomic mass is 16.2.